The smallest absolute Gasteiger partial charge is 0.220 e. The number of aromatic nitrogens is 2. The molecule has 0 saturated carbocycles. The van der Waals surface area contributed by atoms with Gasteiger partial charge in [-0.25, -0.2) is 9.97 Å². The molecule has 0 unspecified atom stereocenters. The van der Waals surface area contributed by atoms with Crippen molar-refractivity contribution in [3.05, 3.63) is 17.5 Å². The Balaban J connectivity index is 2.10. The summed E-state index contributed by atoms with van der Waals surface area (Å²) in [7, 11) is 0. The van der Waals surface area contributed by atoms with Gasteiger partial charge in [0.15, 0.2) is 0 Å². The molecule has 0 spiro atoms. The SMILES string of the molecule is CC(C)CN1CCc2nc(N)ncc2C1. The van der Waals surface area contributed by atoms with Crippen LogP contribution in [-0.2, 0) is 13.0 Å². The van der Waals surface area contributed by atoms with E-state index in [2.05, 4.69) is 28.7 Å². The van der Waals surface area contributed by atoms with Gasteiger partial charge in [-0.2, -0.15) is 0 Å². The van der Waals surface area contributed by atoms with Gasteiger partial charge in [0.25, 0.3) is 0 Å². The number of rotatable bonds is 2. The number of nitrogens with zero attached hydrogens (tertiary/aromatic N) is 3. The predicted octanol–water partition coefficient (Wildman–Crippen LogP) is 1.07. The Morgan fingerprint density at radius 3 is 3.07 bits per heavy atom. The fraction of sp³-hybridized carbons (Fsp3) is 0.636. The van der Waals surface area contributed by atoms with Crippen LogP contribution < -0.4 is 5.73 Å². The van der Waals surface area contributed by atoms with Gasteiger partial charge in [-0.3, -0.25) is 4.90 Å². The van der Waals surface area contributed by atoms with E-state index in [9.17, 15) is 0 Å². The van der Waals surface area contributed by atoms with E-state index >= 15 is 0 Å². The summed E-state index contributed by atoms with van der Waals surface area (Å²) < 4.78 is 0. The van der Waals surface area contributed by atoms with Gasteiger partial charge in [-0.05, 0) is 5.92 Å². The number of nitrogens with two attached hydrogens (primary N) is 1. The van der Waals surface area contributed by atoms with Crippen molar-refractivity contribution in [2.24, 2.45) is 5.92 Å². The molecule has 4 heteroatoms. The van der Waals surface area contributed by atoms with Crippen LogP contribution in [0.3, 0.4) is 0 Å². The zero-order valence-electron chi connectivity index (χ0n) is 9.40. The Morgan fingerprint density at radius 2 is 2.33 bits per heavy atom. The molecular formula is C11H18N4. The second kappa shape index (κ2) is 4.14. The minimum atomic E-state index is 0.394. The van der Waals surface area contributed by atoms with Crippen LogP contribution in [0.25, 0.3) is 0 Å². The summed E-state index contributed by atoms with van der Waals surface area (Å²) in [5.41, 5.74) is 7.92. The molecule has 2 N–H and O–H groups in total. The lowest BCUT2D eigenvalue weighted by atomic mass is 10.1. The van der Waals surface area contributed by atoms with Crippen molar-refractivity contribution in [2.75, 3.05) is 18.8 Å². The van der Waals surface area contributed by atoms with Crippen LogP contribution in [0.1, 0.15) is 25.1 Å². The molecule has 15 heavy (non-hydrogen) atoms. The Bertz CT molecular complexity index is 348. The maximum absolute atomic E-state index is 5.56. The molecule has 2 rings (SSSR count). The summed E-state index contributed by atoms with van der Waals surface area (Å²) >= 11 is 0. The van der Waals surface area contributed by atoms with Gasteiger partial charge >= 0.3 is 0 Å². The molecule has 1 aliphatic heterocycles. The molecule has 2 heterocycles. The average Bonchev–Trinajstić information content (AvgIpc) is 2.17. The minimum Gasteiger partial charge on any atom is -0.368 e. The summed E-state index contributed by atoms with van der Waals surface area (Å²) in [5.74, 6) is 1.10. The summed E-state index contributed by atoms with van der Waals surface area (Å²) in [4.78, 5) is 10.8. The normalized spacial score (nSPS) is 16.7. The minimum absolute atomic E-state index is 0.394. The summed E-state index contributed by atoms with van der Waals surface area (Å²) in [6, 6.07) is 0. The van der Waals surface area contributed by atoms with Crippen LogP contribution in [0.4, 0.5) is 5.95 Å². The van der Waals surface area contributed by atoms with Gasteiger partial charge in [0.05, 0.1) is 5.69 Å². The van der Waals surface area contributed by atoms with Crippen molar-refractivity contribution in [1.82, 2.24) is 14.9 Å². The molecular weight excluding hydrogens is 188 g/mol. The maximum atomic E-state index is 5.56. The van der Waals surface area contributed by atoms with Crippen LogP contribution in [0.2, 0.25) is 0 Å². The van der Waals surface area contributed by atoms with Gasteiger partial charge < -0.3 is 5.73 Å². The van der Waals surface area contributed by atoms with E-state index in [1.165, 1.54) is 5.56 Å². The lowest BCUT2D eigenvalue weighted by molar-refractivity contribution is 0.224. The summed E-state index contributed by atoms with van der Waals surface area (Å²) in [5, 5.41) is 0. The molecule has 1 aliphatic rings. The molecule has 1 aromatic rings. The molecule has 0 aliphatic carbocycles. The van der Waals surface area contributed by atoms with Crippen LogP contribution in [0, 0.1) is 5.92 Å². The average molecular weight is 206 g/mol. The summed E-state index contributed by atoms with van der Waals surface area (Å²) in [6.45, 7) is 7.68. The monoisotopic (exact) mass is 206 g/mol. The first kappa shape index (κ1) is 10.4. The van der Waals surface area contributed by atoms with Crippen molar-refractivity contribution in [3.8, 4) is 0 Å². The van der Waals surface area contributed by atoms with E-state index in [4.69, 9.17) is 5.73 Å². The lowest BCUT2D eigenvalue weighted by Crippen LogP contribution is -2.34. The van der Waals surface area contributed by atoms with Crippen molar-refractivity contribution < 1.29 is 0 Å². The molecule has 0 fully saturated rings. The summed E-state index contributed by atoms with van der Waals surface area (Å²) in [6.07, 6.45) is 2.86. The Labute approximate surface area is 90.5 Å². The number of hydrogen-bond donors (Lipinski definition) is 1. The van der Waals surface area contributed by atoms with Gasteiger partial charge in [-0.15, -0.1) is 0 Å². The number of nitrogen functional groups attached to an aromatic ring is 1. The third kappa shape index (κ3) is 2.45. The lowest BCUT2D eigenvalue weighted by Gasteiger charge is -2.29. The van der Waals surface area contributed by atoms with E-state index in [0.29, 0.717) is 11.9 Å². The first-order valence-corrected chi connectivity index (χ1v) is 5.48. The Hall–Kier alpha value is -1.16. The maximum Gasteiger partial charge on any atom is 0.220 e. The first-order valence-electron chi connectivity index (χ1n) is 5.48. The third-order valence-corrected chi connectivity index (χ3v) is 2.65. The molecule has 82 valence electrons. The first-order chi connectivity index (χ1) is 7.15. The number of anilines is 1. The van der Waals surface area contributed by atoms with Crippen molar-refractivity contribution in [1.29, 1.82) is 0 Å². The van der Waals surface area contributed by atoms with Gasteiger partial charge in [0, 0.05) is 37.8 Å². The van der Waals surface area contributed by atoms with E-state index in [1.54, 1.807) is 0 Å². The third-order valence-electron chi connectivity index (χ3n) is 2.65. The molecule has 0 amide bonds. The second-order valence-corrected chi connectivity index (χ2v) is 4.58. The van der Waals surface area contributed by atoms with Crippen LogP contribution >= 0.6 is 0 Å². The van der Waals surface area contributed by atoms with Crippen molar-refractivity contribution >= 4 is 5.95 Å². The predicted molar refractivity (Wildman–Crippen MR) is 60.3 cm³/mol. The second-order valence-electron chi connectivity index (χ2n) is 4.58. The fourth-order valence-corrected chi connectivity index (χ4v) is 2.06. The largest absolute Gasteiger partial charge is 0.368 e. The number of fused-ring (bicyclic) bond motifs is 1. The highest BCUT2D eigenvalue weighted by Gasteiger charge is 2.18. The van der Waals surface area contributed by atoms with Crippen LogP contribution in [0.5, 0.6) is 0 Å². The molecule has 0 radical (unpaired) electrons. The fourth-order valence-electron chi connectivity index (χ4n) is 2.06. The van der Waals surface area contributed by atoms with E-state index in [0.717, 1.165) is 31.7 Å². The molecule has 0 atom stereocenters. The van der Waals surface area contributed by atoms with Crippen molar-refractivity contribution in [2.45, 2.75) is 26.8 Å². The van der Waals surface area contributed by atoms with E-state index in [-0.39, 0.29) is 0 Å². The molecule has 0 bridgehead atoms. The van der Waals surface area contributed by atoms with E-state index < -0.39 is 0 Å². The quantitative estimate of drug-likeness (QED) is 0.786. The molecule has 0 saturated heterocycles. The van der Waals surface area contributed by atoms with Crippen LogP contribution in [0.15, 0.2) is 6.20 Å². The van der Waals surface area contributed by atoms with E-state index in [1.807, 2.05) is 6.20 Å². The number of hydrogen-bond acceptors (Lipinski definition) is 4. The van der Waals surface area contributed by atoms with Crippen LogP contribution in [-0.4, -0.2) is 28.0 Å². The molecule has 0 aromatic carbocycles. The molecule has 1 aromatic heterocycles. The van der Waals surface area contributed by atoms with Gasteiger partial charge in [0.1, 0.15) is 0 Å². The highest BCUT2D eigenvalue weighted by Crippen LogP contribution is 2.17. The Morgan fingerprint density at radius 1 is 1.53 bits per heavy atom. The van der Waals surface area contributed by atoms with Gasteiger partial charge in [0.2, 0.25) is 5.95 Å². The zero-order chi connectivity index (χ0) is 10.8. The highest BCUT2D eigenvalue weighted by atomic mass is 15.1. The zero-order valence-corrected chi connectivity index (χ0v) is 9.40. The topological polar surface area (TPSA) is 55.0 Å². The standard InChI is InChI=1S/C11H18N4/c1-8(2)6-15-4-3-10-9(7-15)5-13-11(12)14-10/h5,8H,3-4,6-7H2,1-2H3,(H2,12,13,14). The highest BCUT2D eigenvalue weighted by molar-refractivity contribution is 5.26. The Kier molecular flexibility index (Phi) is 2.86. The van der Waals surface area contributed by atoms with Crippen molar-refractivity contribution in [3.63, 3.8) is 0 Å². The molecule has 4 nitrogen and oxygen atoms in total. The van der Waals surface area contributed by atoms with Gasteiger partial charge in [-0.1, -0.05) is 13.8 Å².